The van der Waals surface area contributed by atoms with Gasteiger partial charge < -0.3 is 10.4 Å². The van der Waals surface area contributed by atoms with Crippen molar-refractivity contribution in [2.45, 2.75) is 25.4 Å². The van der Waals surface area contributed by atoms with Gasteiger partial charge in [-0.3, -0.25) is 0 Å². The first kappa shape index (κ1) is 14.2. The zero-order chi connectivity index (χ0) is 13.9. The summed E-state index contributed by atoms with van der Waals surface area (Å²) in [4.78, 5) is 0. The van der Waals surface area contributed by atoms with E-state index in [-0.39, 0.29) is 24.1 Å². The second kappa shape index (κ2) is 5.82. The molecule has 0 bridgehead atoms. The highest BCUT2D eigenvalue weighted by Crippen LogP contribution is 2.36. The predicted octanol–water partition coefficient (Wildman–Crippen LogP) is 3.53. The molecule has 106 valence electrons. The molecule has 1 aliphatic rings. The highest BCUT2D eigenvalue weighted by atomic mass is 19.4. The SMILES string of the molecule is OCC1CCCC1CNc1ccccc1C(F)(F)F. The van der Waals surface area contributed by atoms with E-state index in [1.165, 1.54) is 12.1 Å². The van der Waals surface area contributed by atoms with Crippen LogP contribution in [0.2, 0.25) is 0 Å². The molecule has 1 aromatic rings. The summed E-state index contributed by atoms with van der Waals surface area (Å²) in [5.74, 6) is 0.469. The molecule has 2 rings (SSSR count). The zero-order valence-corrected chi connectivity index (χ0v) is 10.6. The second-order valence-corrected chi connectivity index (χ2v) is 5.06. The van der Waals surface area contributed by atoms with Gasteiger partial charge in [0, 0.05) is 18.8 Å². The van der Waals surface area contributed by atoms with Crippen molar-refractivity contribution in [3.63, 3.8) is 0 Å². The van der Waals surface area contributed by atoms with Crippen LogP contribution in [0.25, 0.3) is 0 Å². The Kier molecular flexibility index (Phi) is 4.34. The van der Waals surface area contributed by atoms with Crippen LogP contribution in [-0.2, 0) is 6.18 Å². The third-order valence-corrected chi connectivity index (χ3v) is 3.84. The molecule has 19 heavy (non-hydrogen) atoms. The second-order valence-electron chi connectivity index (χ2n) is 5.06. The van der Waals surface area contributed by atoms with E-state index < -0.39 is 11.7 Å². The maximum atomic E-state index is 12.8. The van der Waals surface area contributed by atoms with Crippen LogP contribution >= 0.6 is 0 Å². The van der Waals surface area contributed by atoms with Crippen molar-refractivity contribution < 1.29 is 18.3 Å². The Morgan fingerprint density at radius 2 is 1.84 bits per heavy atom. The molecule has 1 fully saturated rings. The average molecular weight is 273 g/mol. The molecule has 0 saturated heterocycles. The molecular weight excluding hydrogens is 255 g/mol. The molecule has 5 heteroatoms. The molecule has 0 aromatic heterocycles. The number of nitrogens with one attached hydrogen (secondary N) is 1. The fourth-order valence-electron chi connectivity index (χ4n) is 2.75. The quantitative estimate of drug-likeness (QED) is 0.879. The summed E-state index contributed by atoms with van der Waals surface area (Å²) < 4.78 is 38.4. The number of para-hydroxylation sites is 1. The third kappa shape index (κ3) is 3.41. The summed E-state index contributed by atoms with van der Waals surface area (Å²) >= 11 is 0. The summed E-state index contributed by atoms with van der Waals surface area (Å²) in [7, 11) is 0. The van der Waals surface area contributed by atoms with Gasteiger partial charge >= 0.3 is 6.18 Å². The van der Waals surface area contributed by atoms with Gasteiger partial charge in [0.2, 0.25) is 0 Å². The normalized spacial score (nSPS) is 23.6. The summed E-state index contributed by atoms with van der Waals surface area (Å²) in [6.45, 7) is 0.603. The van der Waals surface area contributed by atoms with Crippen molar-refractivity contribution in [3.05, 3.63) is 29.8 Å². The number of anilines is 1. The largest absolute Gasteiger partial charge is 0.418 e. The number of hydrogen-bond acceptors (Lipinski definition) is 2. The first-order chi connectivity index (χ1) is 9.02. The molecule has 2 nitrogen and oxygen atoms in total. The summed E-state index contributed by atoms with van der Waals surface area (Å²) in [5, 5.41) is 12.1. The van der Waals surface area contributed by atoms with Crippen molar-refractivity contribution in [1.82, 2.24) is 0 Å². The lowest BCUT2D eigenvalue weighted by atomic mass is 9.97. The fourth-order valence-corrected chi connectivity index (χ4v) is 2.75. The van der Waals surface area contributed by atoms with Crippen LogP contribution in [0, 0.1) is 11.8 Å². The van der Waals surface area contributed by atoms with Gasteiger partial charge in [-0.15, -0.1) is 0 Å². The van der Waals surface area contributed by atoms with E-state index in [0.29, 0.717) is 6.54 Å². The number of aliphatic hydroxyl groups excluding tert-OH is 1. The lowest BCUT2D eigenvalue weighted by Gasteiger charge is -2.20. The van der Waals surface area contributed by atoms with Crippen LogP contribution < -0.4 is 5.32 Å². The van der Waals surface area contributed by atoms with Crippen molar-refractivity contribution >= 4 is 5.69 Å². The van der Waals surface area contributed by atoms with Gasteiger partial charge in [0.15, 0.2) is 0 Å². The number of alkyl halides is 3. The number of aliphatic hydroxyl groups is 1. The predicted molar refractivity (Wildman–Crippen MR) is 67.9 cm³/mol. The fraction of sp³-hybridized carbons (Fsp3) is 0.571. The summed E-state index contributed by atoms with van der Waals surface area (Å²) in [6, 6.07) is 5.52. The Balaban J connectivity index is 2.04. The maximum absolute atomic E-state index is 12.8. The van der Waals surface area contributed by atoms with Crippen molar-refractivity contribution in [2.75, 3.05) is 18.5 Å². The van der Waals surface area contributed by atoms with E-state index in [1.807, 2.05) is 0 Å². The van der Waals surface area contributed by atoms with Gasteiger partial charge in [0.05, 0.1) is 5.56 Å². The van der Waals surface area contributed by atoms with Crippen molar-refractivity contribution in [2.24, 2.45) is 11.8 Å². The van der Waals surface area contributed by atoms with Gasteiger partial charge in [-0.2, -0.15) is 13.2 Å². The molecule has 0 radical (unpaired) electrons. The minimum atomic E-state index is -4.34. The Bertz CT molecular complexity index is 419. The van der Waals surface area contributed by atoms with Gasteiger partial charge in [0.25, 0.3) is 0 Å². The van der Waals surface area contributed by atoms with E-state index in [0.717, 1.165) is 25.3 Å². The van der Waals surface area contributed by atoms with E-state index in [9.17, 15) is 18.3 Å². The molecule has 0 amide bonds. The molecule has 1 aromatic carbocycles. The Morgan fingerprint density at radius 3 is 2.53 bits per heavy atom. The van der Waals surface area contributed by atoms with Crippen LogP contribution in [0.5, 0.6) is 0 Å². The lowest BCUT2D eigenvalue weighted by molar-refractivity contribution is -0.137. The molecule has 0 aliphatic heterocycles. The standard InChI is InChI=1S/C14H18F3NO/c15-14(16,17)12-6-1-2-7-13(12)18-8-10-4-3-5-11(10)9-19/h1-2,6-7,10-11,18-19H,3-5,8-9H2. The molecule has 2 N–H and O–H groups in total. The van der Waals surface area contributed by atoms with E-state index in [2.05, 4.69) is 5.32 Å². The van der Waals surface area contributed by atoms with Gasteiger partial charge in [-0.1, -0.05) is 18.6 Å². The third-order valence-electron chi connectivity index (χ3n) is 3.84. The van der Waals surface area contributed by atoms with Gasteiger partial charge in [0.1, 0.15) is 0 Å². The van der Waals surface area contributed by atoms with Crippen molar-refractivity contribution in [1.29, 1.82) is 0 Å². The highest BCUT2D eigenvalue weighted by Gasteiger charge is 2.33. The van der Waals surface area contributed by atoms with E-state index in [4.69, 9.17) is 0 Å². The maximum Gasteiger partial charge on any atom is 0.418 e. The monoisotopic (exact) mass is 273 g/mol. The van der Waals surface area contributed by atoms with Crippen LogP contribution in [0.1, 0.15) is 24.8 Å². The molecule has 2 atom stereocenters. The van der Waals surface area contributed by atoms with E-state index >= 15 is 0 Å². The van der Waals surface area contributed by atoms with Crippen LogP contribution in [0.15, 0.2) is 24.3 Å². The first-order valence-corrected chi connectivity index (χ1v) is 6.53. The number of halogens is 3. The Hall–Kier alpha value is -1.23. The lowest BCUT2D eigenvalue weighted by Crippen LogP contribution is -2.22. The summed E-state index contributed by atoms with van der Waals surface area (Å²) in [6.07, 6.45) is -1.37. The number of rotatable bonds is 4. The summed E-state index contributed by atoms with van der Waals surface area (Å²) in [5.41, 5.74) is -0.507. The smallest absolute Gasteiger partial charge is 0.396 e. The number of benzene rings is 1. The molecule has 0 spiro atoms. The van der Waals surface area contributed by atoms with E-state index in [1.54, 1.807) is 6.07 Å². The van der Waals surface area contributed by atoms with Crippen LogP contribution in [0.3, 0.4) is 0 Å². The highest BCUT2D eigenvalue weighted by molar-refractivity contribution is 5.52. The van der Waals surface area contributed by atoms with Crippen LogP contribution in [-0.4, -0.2) is 18.3 Å². The molecule has 1 saturated carbocycles. The first-order valence-electron chi connectivity index (χ1n) is 6.53. The Morgan fingerprint density at radius 1 is 1.16 bits per heavy atom. The molecule has 0 heterocycles. The molecule has 2 unspecified atom stereocenters. The minimum absolute atomic E-state index is 0.118. The van der Waals surface area contributed by atoms with Gasteiger partial charge in [-0.05, 0) is 36.8 Å². The Labute approximate surface area is 110 Å². The average Bonchev–Trinajstić information content (AvgIpc) is 2.83. The molecular formula is C14H18F3NO. The minimum Gasteiger partial charge on any atom is -0.396 e. The topological polar surface area (TPSA) is 32.3 Å². The zero-order valence-electron chi connectivity index (χ0n) is 10.6. The van der Waals surface area contributed by atoms with Crippen LogP contribution in [0.4, 0.5) is 18.9 Å². The molecule has 1 aliphatic carbocycles. The van der Waals surface area contributed by atoms with Crippen molar-refractivity contribution in [3.8, 4) is 0 Å². The van der Waals surface area contributed by atoms with Gasteiger partial charge in [-0.25, -0.2) is 0 Å². The number of hydrogen-bond donors (Lipinski definition) is 2.